The molecule has 16 heavy (non-hydrogen) atoms. The Morgan fingerprint density at radius 1 is 1.38 bits per heavy atom. The van der Waals surface area contributed by atoms with Crippen LogP contribution in [0.4, 0.5) is 0 Å². The van der Waals surface area contributed by atoms with Crippen molar-refractivity contribution in [2.75, 3.05) is 7.11 Å². The van der Waals surface area contributed by atoms with Crippen molar-refractivity contribution < 1.29 is 19.1 Å². The first-order chi connectivity index (χ1) is 7.63. The minimum atomic E-state index is -1.64. The summed E-state index contributed by atoms with van der Waals surface area (Å²) in [5.41, 5.74) is 4.26. The molecule has 1 fully saturated rings. The molecule has 1 aromatic carbocycles. The molecule has 1 aromatic rings. The van der Waals surface area contributed by atoms with E-state index in [1.165, 1.54) is 7.11 Å². The zero-order valence-electron chi connectivity index (χ0n) is 8.67. The molecule has 0 saturated carbocycles. The van der Waals surface area contributed by atoms with Gasteiger partial charge >= 0.3 is 5.97 Å². The number of primary amides is 1. The number of esters is 1. The van der Waals surface area contributed by atoms with E-state index in [1.54, 1.807) is 24.3 Å². The monoisotopic (exact) mass is 221 g/mol. The smallest absolute Gasteiger partial charge is 0.351 e. The number of rotatable bonds is 3. The number of hydrogen-bond donors (Lipinski definition) is 1. The van der Waals surface area contributed by atoms with E-state index in [2.05, 4.69) is 4.74 Å². The first kappa shape index (κ1) is 10.6. The number of carbonyl (C=O) groups excluding carboxylic acids is 2. The topological polar surface area (TPSA) is 81.9 Å². The average molecular weight is 221 g/mol. The molecule has 84 valence electrons. The maximum absolute atomic E-state index is 11.5. The fourth-order valence-electron chi connectivity index (χ4n) is 1.68. The standard InChI is InChI=1S/C11H11NO4/c1-15-10(14)11(9(12)13)8(16-11)7-5-3-2-4-6-7/h2-6,8H,1H3,(H2,12,13). The second-order valence-electron chi connectivity index (χ2n) is 3.50. The van der Waals surface area contributed by atoms with E-state index < -0.39 is 23.6 Å². The van der Waals surface area contributed by atoms with Gasteiger partial charge in [-0.25, -0.2) is 4.79 Å². The van der Waals surface area contributed by atoms with Crippen LogP contribution in [0.25, 0.3) is 0 Å². The quantitative estimate of drug-likeness (QED) is 0.447. The Morgan fingerprint density at radius 2 is 2.00 bits per heavy atom. The third-order valence-corrected chi connectivity index (χ3v) is 2.57. The Morgan fingerprint density at radius 3 is 2.50 bits per heavy atom. The van der Waals surface area contributed by atoms with Crippen LogP contribution in [0.5, 0.6) is 0 Å². The SMILES string of the molecule is COC(=O)C1(C(N)=O)OC1c1ccccc1. The van der Waals surface area contributed by atoms with Crippen molar-refractivity contribution in [1.82, 2.24) is 0 Å². The van der Waals surface area contributed by atoms with Gasteiger partial charge < -0.3 is 15.2 Å². The molecule has 0 aliphatic carbocycles. The van der Waals surface area contributed by atoms with E-state index >= 15 is 0 Å². The van der Waals surface area contributed by atoms with E-state index in [1.807, 2.05) is 6.07 Å². The highest BCUT2D eigenvalue weighted by molar-refractivity contribution is 6.09. The highest BCUT2D eigenvalue weighted by atomic mass is 16.7. The summed E-state index contributed by atoms with van der Waals surface area (Å²) in [6, 6.07) is 8.94. The lowest BCUT2D eigenvalue weighted by Gasteiger charge is -2.05. The molecule has 0 aromatic heterocycles. The predicted octanol–water partition coefficient (Wildman–Crippen LogP) is 0.155. The van der Waals surface area contributed by atoms with Gasteiger partial charge in [-0.3, -0.25) is 4.79 Å². The highest BCUT2D eigenvalue weighted by Gasteiger charge is 2.69. The predicted molar refractivity (Wildman–Crippen MR) is 54.2 cm³/mol. The van der Waals surface area contributed by atoms with Gasteiger partial charge in [0.15, 0.2) is 0 Å². The van der Waals surface area contributed by atoms with Crippen LogP contribution in [0.2, 0.25) is 0 Å². The summed E-state index contributed by atoms with van der Waals surface area (Å²) in [6.07, 6.45) is -0.640. The molecule has 0 radical (unpaired) electrons. The van der Waals surface area contributed by atoms with Crippen LogP contribution in [0.15, 0.2) is 30.3 Å². The van der Waals surface area contributed by atoms with Gasteiger partial charge in [-0.15, -0.1) is 0 Å². The Kier molecular flexibility index (Phi) is 2.40. The zero-order valence-corrected chi connectivity index (χ0v) is 8.67. The zero-order chi connectivity index (χ0) is 11.8. The molecule has 2 N–H and O–H groups in total. The summed E-state index contributed by atoms with van der Waals surface area (Å²) in [6.45, 7) is 0. The Bertz CT molecular complexity index is 431. The normalized spacial score (nSPS) is 27.2. The molecular formula is C11H11NO4. The molecule has 1 heterocycles. The molecule has 2 rings (SSSR count). The van der Waals surface area contributed by atoms with Gasteiger partial charge in [0, 0.05) is 0 Å². The van der Waals surface area contributed by atoms with Gasteiger partial charge in [-0.2, -0.15) is 0 Å². The molecule has 2 atom stereocenters. The van der Waals surface area contributed by atoms with E-state index in [4.69, 9.17) is 10.5 Å². The van der Waals surface area contributed by atoms with Crippen LogP contribution >= 0.6 is 0 Å². The van der Waals surface area contributed by atoms with Crippen LogP contribution in [0.3, 0.4) is 0 Å². The van der Waals surface area contributed by atoms with Gasteiger partial charge in [-0.05, 0) is 5.56 Å². The van der Waals surface area contributed by atoms with Crippen LogP contribution < -0.4 is 5.73 Å². The first-order valence-corrected chi connectivity index (χ1v) is 4.74. The van der Waals surface area contributed by atoms with E-state index in [0.717, 1.165) is 5.56 Å². The Balaban J connectivity index is 2.30. The van der Waals surface area contributed by atoms with Crippen LogP contribution in [0, 0.1) is 0 Å². The second-order valence-corrected chi connectivity index (χ2v) is 3.50. The summed E-state index contributed by atoms with van der Waals surface area (Å²) in [5.74, 6) is -1.58. The van der Waals surface area contributed by atoms with E-state index in [-0.39, 0.29) is 0 Å². The van der Waals surface area contributed by atoms with Crippen LogP contribution in [0.1, 0.15) is 11.7 Å². The molecule has 1 amide bonds. The molecule has 1 aliphatic heterocycles. The molecule has 0 bridgehead atoms. The third kappa shape index (κ3) is 1.37. The number of ether oxygens (including phenoxy) is 2. The number of benzene rings is 1. The largest absolute Gasteiger partial charge is 0.466 e. The minimum Gasteiger partial charge on any atom is -0.466 e. The molecule has 1 aliphatic rings. The van der Waals surface area contributed by atoms with Crippen molar-refractivity contribution in [2.45, 2.75) is 11.7 Å². The first-order valence-electron chi connectivity index (χ1n) is 4.74. The summed E-state index contributed by atoms with van der Waals surface area (Å²) in [4.78, 5) is 22.7. The molecular weight excluding hydrogens is 210 g/mol. The molecule has 5 heteroatoms. The average Bonchev–Trinajstić information content (AvgIpc) is 3.06. The maximum Gasteiger partial charge on any atom is 0.351 e. The summed E-state index contributed by atoms with van der Waals surface area (Å²) >= 11 is 0. The molecule has 1 saturated heterocycles. The number of carbonyl (C=O) groups is 2. The lowest BCUT2D eigenvalue weighted by molar-refractivity contribution is -0.150. The van der Waals surface area contributed by atoms with Crippen LogP contribution in [-0.4, -0.2) is 24.6 Å². The van der Waals surface area contributed by atoms with Crippen molar-refractivity contribution in [2.24, 2.45) is 5.73 Å². The Hall–Kier alpha value is -1.88. The van der Waals surface area contributed by atoms with E-state index in [0.29, 0.717) is 0 Å². The van der Waals surface area contributed by atoms with Gasteiger partial charge in [-0.1, -0.05) is 30.3 Å². The second kappa shape index (κ2) is 3.61. The number of nitrogens with two attached hydrogens (primary N) is 1. The van der Waals surface area contributed by atoms with Crippen molar-refractivity contribution in [1.29, 1.82) is 0 Å². The number of epoxide rings is 1. The molecule has 0 spiro atoms. The fourth-order valence-corrected chi connectivity index (χ4v) is 1.68. The lowest BCUT2D eigenvalue weighted by Crippen LogP contribution is -2.41. The van der Waals surface area contributed by atoms with Crippen LogP contribution in [-0.2, 0) is 19.1 Å². The van der Waals surface area contributed by atoms with Crippen molar-refractivity contribution >= 4 is 11.9 Å². The summed E-state index contributed by atoms with van der Waals surface area (Å²) < 4.78 is 9.68. The highest BCUT2D eigenvalue weighted by Crippen LogP contribution is 2.50. The Labute approximate surface area is 92.1 Å². The summed E-state index contributed by atoms with van der Waals surface area (Å²) in [5, 5.41) is 0. The number of amides is 1. The van der Waals surface area contributed by atoms with E-state index in [9.17, 15) is 9.59 Å². The van der Waals surface area contributed by atoms with Gasteiger partial charge in [0.05, 0.1) is 7.11 Å². The van der Waals surface area contributed by atoms with Gasteiger partial charge in [0.1, 0.15) is 6.10 Å². The minimum absolute atomic E-state index is 0.640. The molecule has 5 nitrogen and oxygen atoms in total. The fraction of sp³-hybridized carbons (Fsp3) is 0.273. The molecule has 2 unspecified atom stereocenters. The third-order valence-electron chi connectivity index (χ3n) is 2.57. The number of hydrogen-bond acceptors (Lipinski definition) is 4. The van der Waals surface area contributed by atoms with Gasteiger partial charge in [0.2, 0.25) is 0 Å². The lowest BCUT2D eigenvalue weighted by atomic mass is 9.99. The van der Waals surface area contributed by atoms with Crippen molar-refractivity contribution in [3.8, 4) is 0 Å². The van der Waals surface area contributed by atoms with Crippen molar-refractivity contribution in [3.63, 3.8) is 0 Å². The van der Waals surface area contributed by atoms with Crippen molar-refractivity contribution in [3.05, 3.63) is 35.9 Å². The summed E-state index contributed by atoms with van der Waals surface area (Å²) in [7, 11) is 1.19. The van der Waals surface area contributed by atoms with Gasteiger partial charge in [0.25, 0.3) is 11.5 Å². The maximum atomic E-state index is 11.5. The number of methoxy groups -OCH3 is 1.